The number of hydrogen-bond acceptors (Lipinski definition) is 6. The van der Waals surface area contributed by atoms with Gasteiger partial charge in [-0.05, 0) is 47.7 Å². The van der Waals surface area contributed by atoms with Gasteiger partial charge in [-0.3, -0.25) is 24.7 Å². The van der Waals surface area contributed by atoms with Crippen LogP contribution in [0, 0.1) is 0 Å². The summed E-state index contributed by atoms with van der Waals surface area (Å²) in [5.74, 6) is 0.00308. The fourth-order valence-electron chi connectivity index (χ4n) is 4.92. The van der Waals surface area contributed by atoms with Gasteiger partial charge >= 0.3 is 0 Å². The third kappa shape index (κ3) is 3.88. The molecule has 9 heteroatoms. The first-order valence-electron chi connectivity index (χ1n) is 11.8. The smallest absolute Gasteiger partial charge is 0.255 e. The van der Waals surface area contributed by atoms with Crippen molar-refractivity contribution in [3.63, 3.8) is 0 Å². The molecular weight excluding hydrogens is 456 g/mol. The first-order chi connectivity index (χ1) is 17.5. The van der Waals surface area contributed by atoms with E-state index in [4.69, 9.17) is 4.98 Å². The number of anilines is 1. The Kier molecular flexibility index (Phi) is 5.25. The van der Waals surface area contributed by atoms with Crippen LogP contribution in [-0.2, 0) is 29.7 Å². The molecule has 0 spiro atoms. The van der Waals surface area contributed by atoms with Crippen molar-refractivity contribution >= 4 is 34.2 Å². The number of imidazole rings is 1. The van der Waals surface area contributed by atoms with E-state index in [2.05, 4.69) is 21.7 Å². The Morgan fingerprint density at radius 1 is 1.08 bits per heavy atom. The molecule has 2 aliphatic heterocycles. The maximum absolute atomic E-state index is 13.0. The Labute approximate surface area is 207 Å². The molecule has 1 atom stereocenters. The number of aromatic nitrogens is 3. The van der Waals surface area contributed by atoms with Gasteiger partial charge in [-0.15, -0.1) is 0 Å². The average molecular weight is 481 g/mol. The number of carbonyl (C=O) groups is 3. The minimum Gasteiger partial charge on any atom is -0.378 e. The van der Waals surface area contributed by atoms with E-state index in [1.54, 1.807) is 17.2 Å². The first kappa shape index (κ1) is 22.0. The molecule has 1 unspecified atom stereocenters. The van der Waals surface area contributed by atoms with Gasteiger partial charge in [0.1, 0.15) is 11.9 Å². The second-order valence-corrected chi connectivity index (χ2v) is 9.22. The minimum absolute atomic E-state index is 0.178. The van der Waals surface area contributed by atoms with E-state index in [0.717, 1.165) is 39.1 Å². The Bertz CT molecular complexity index is 1540. The van der Waals surface area contributed by atoms with Gasteiger partial charge < -0.3 is 14.8 Å². The second kappa shape index (κ2) is 8.60. The van der Waals surface area contributed by atoms with E-state index in [1.165, 1.54) is 0 Å². The van der Waals surface area contributed by atoms with Crippen LogP contribution in [0.4, 0.5) is 5.69 Å². The van der Waals surface area contributed by atoms with Crippen molar-refractivity contribution in [2.24, 2.45) is 7.05 Å². The third-order valence-corrected chi connectivity index (χ3v) is 6.88. The largest absolute Gasteiger partial charge is 0.378 e. The average Bonchev–Trinajstić information content (AvgIpc) is 3.41. The fraction of sp³-hybridized carbons (Fsp3) is 0.222. The van der Waals surface area contributed by atoms with Gasteiger partial charge in [-0.2, -0.15) is 0 Å². The summed E-state index contributed by atoms with van der Waals surface area (Å²) < 4.78 is 1.99. The molecule has 1 saturated heterocycles. The zero-order chi connectivity index (χ0) is 24.8. The number of hydrogen-bond donors (Lipinski definition) is 2. The Morgan fingerprint density at radius 2 is 1.97 bits per heavy atom. The molecule has 0 saturated carbocycles. The number of fused-ring (bicyclic) bond motifs is 2. The lowest BCUT2D eigenvalue weighted by molar-refractivity contribution is -0.136. The molecule has 0 aliphatic carbocycles. The van der Waals surface area contributed by atoms with E-state index in [1.807, 2.05) is 54.3 Å². The molecule has 9 nitrogen and oxygen atoms in total. The Morgan fingerprint density at radius 3 is 2.83 bits per heavy atom. The van der Waals surface area contributed by atoms with Crippen LogP contribution in [0.25, 0.3) is 22.0 Å². The normalized spacial score (nSPS) is 17.4. The number of pyridine rings is 1. The van der Waals surface area contributed by atoms with Gasteiger partial charge in [0.05, 0.1) is 12.2 Å². The highest BCUT2D eigenvalue weighted by Gasteiger charge is 2.39. The van der Waals surface area contributed by atoms with Crippen LogP contribution in [0.1, 0.15) is 34.6 Å². The first-order valence-corrected chi connectivity index (χ1v) is 11.8. The van der Waals surface area contributed by atoms with Gasteiger partial charge in [0.25, 0.3) is 5.91 Å². The summed E-state index contributed by atoms with van der Waals surface area (Å²) in [6.45, 7) is 0.896. The molecule has 2 aromatic carbocycles. The fourth-order valence-corrected chi connectivity index (χ4v) is 4.92. The number of carbonyl (C=O) groups excluding carboxylic acids is 3. The molecular formula is C27H24N6O3. The highest BCUT2D eigenvalue weighted by molar-refractivity contribution is 6.05. The maximum atomic E-state index is 13.0. The number of aryl methyl sites for hydroxylation is 1. The molecule has 36 heavy (non-hydrogen) atoms. The molecule has 6 rings (SSSR count). The minimum atomic E-state index is -0.620. The highest BCUT2D eigenvalue weighted by Crippen LogP contribution is 2.31. The molecule has 2 aromatic heterocycles. The van der Waals surface area contributed by atoms with E-state index < -0.39 is 11.9 Å². The Hall–Kier alpha value is -4.53. The number of imide groups is 1. The predicted octanol–water partition coefficient (Wildman–Crippen LogP) is 3.01. The van der Waals surface area contributed by atoms with Crippen LogP contribution in [0.15, 0.2) is 61.1 Å². The van der Waals surface area contributed by atoms with Gasteiger partial charge in [-0.1, -0.05) is 12.1 Å². The molecule has 1 fully saturated rings. The molecule has 4 heterocycles. The van der Waals surface area contributed by atoms with Gasteiger partial charge in [0, 0.05) is 60.8 Å². The van der Waals surface area contributed by atoms with Crippen molar-refractivity contribution in [2.75, 3.05) is 5.32 Å². The lowest BCUT2D eigenvalue weighted by Crippen LogP contribution is -2.52. The van der Waals surface area contributed by atoms with Crippen molar-refractivity contribution in [1.29, 1.82) is 0 Å². The van der Waals surface area contributed by atoms with E-state index in [-0.39, 0.29) is 18.2 Å². The standard InChI is InChI=1S/C27H24N6O3/c1-32-15-22(30-24(32)13-29-20-4-2-18-12-28-9-8-16(18)11-20)17-3-5-21-19(10-17)14-33(27(21)36)23-6-7-25(34)31-26(23)35/h2-5,8-12,15,23,29H,6-7,13-14H2,1H3,(H,31,34,35). The van der Waals surface area contributed by atoms with Crippen molar-refractivity contribution in [1.82, 2.24) is 24.8 Å². The van der Waals surface area contributed by atoms with Gasteiger partial charge in [0.2, 0.25) is 11.8 Å². The highest BCUT2D eigenvalue weighted by atomic mass is 16.2. The summed E-state index contributed by atoms with van der Waals surface area (Å²) in [6.07, 6.45) is 6.19. The van der Waals surface area contributed by atoms with E-state index in [0.29, 0.717) is 25.1 Å². The van der Waals surface area contributed by atoms with Crippen molar-refractivity contribution in [2.45, 2.75) is 32.0 Å². The number of nitrogens with one attached hydrogen (secondary N) is 2. The number of amides is 3. The topological polar surface area (TPSA) is 109 Å². The number of nitrogens with zero attached hydrogens (tertiary/aromatic N) is 4. The lowest BCUT2D eigenvalue weighted by atomic mass is 10.0. The van der Waals surface area contributed by atoms with Crippen LogP contribution >= 0.6 is 0 Å². The van der Waals surface area contributed by atoms with Crippen LogP contribution < -0.4 is 10.6 Å². The lowest BCUT2D eigenvalue weighted by Gasteiger charge is -2.29. The summed E-state index contributed by atoms with van der Waals surface area (Å²) in [7, 11) is 1.96. The quantitative estimate of drug-likeness (QED) is 0.425. The Balaban J connectivity index is 1.19. The molecule has 0 radical (unpaired) electrons. The number of benzene rings is 2. The second-order valence-electron chi connectivity index (χ2n) is 9.22. The molecule has 3 amide bonds. The molecule has 180 valence electrons. The summed E-state index contributed by atoms with van der Waals surface area (Å²) in [4.78, 5) is 47.3. The molecule has 0 bridgehead atoms. The van der Waals surface area contributed by atoms with Crippen LogP contribution in [-0.4, -0.2) is 43.2 Å². The van der Waals surface area contributed by atoms with Gasteiger partial charge in [-0.25, -0.2) is 4.98 Å². The monoisotopic (exact) mass is 480 g/mol. The number of piperidine rings is 1. The summed E-state index contributed by atoms with van der Waals surface area (Å²) in [5.41, 5.74) is 4.18. The van der Waals surface area contributed by atoms with E-state index in [9.17, 15) is 14.4 Å². The maximum Gasteiger partial charge on any atom is 0.255 e. The van der Waals surface area contributed by atoms with Crippen molar-refractivity contribution < 1.29 is 14.4 Å². The molecule has 4 aromatic rings. The van der Waals surface area contributed by atoms with Crippen molar-refractivity contribution in [3.8, 4) is 11.3 Å². The summed E-state index contributed by atoms with van der Waals surface area (Å²) in [5, 5.41) is 7.99. The van der Waals surface area contributed by atoms with Crippen LogP contribution in [0.5, 0.6) is 0 Å². The van der Waals surface area contributed by atoms with Crippen LogP contribution in [0.3, 0.4) is 0 Å². The zero-order valence-corrected chi connectivity index (χ0v) is 19.7. The van der Waals surface area contributed by atoms with E-state index >= 15 is 0 Å². The van der Waals surface area contributed by atoms with Gasteiger partial charge in [0.15, 0.2) is 0 Å². The molecule has 2 aliphatic rings. The van der Waals surface area contributed by atoms with Crippen LogP contribution in [0.2, 0.25) is 0 Å². The number of rotatable bonds is 5. The van der Waals surface area contributed by atoms with Crippen molar-refractivity contribution in [3.05, 3.63) is 78.0 Å². The predicted molar refractivity (Wildman–Crippen MR) is 134 cm³/mol. The third-order valence-electron chi connectivity index (χ3n) is 6.88. The molecule has 2 N–H and O–H groups in total. The zero-order valence-electron chi connectivity index (χ0n) is 19.7. The summed E-state index contributed by atoms with van der Waals surface area (Å²) >= 11 is 0. The SMILES string of the molecule is Cn1cc(-c2ccc3c(c2)CN(C2CCC(=O)NC2=O)C3=O)nc1CNc1ccc2cnccc2c1. The summed E-state index contributed by atoms with van der Waals surface area (Å²) in [6, 6.07) is 13.2.